The number of nitrogens with one attached hydrogen (secondary N) is 1. The normalized spacial score (nSPS) is 13.7. The smallest absolute Gasteiger partial charge is 0.328 e. The molecule has 6 nitrogen and oxygen atoms in total. The summed E-state index contributed by atoms with van der Waals surface area (Å²) in [4.78, 5) is 28.5. The average molecular weight is 577 g/mol. The van der Waals surface area contributed by atoms with E-state index in [4.69, 9.17) is 9.47 Å². The lowest BCUT2D eigenvalue weighted by atomic mass is 10.00. The molecule has 6 heteroatoms. The Morgan fingerprint density at radius 2 is 1.49 bits per heavy atom. The fraction of sp³-hybridized carbons (Fsp3) is 0.297. The minimum Gasteiger partial charge on any atom is -0.494 e. The predicted molar refractivity (Wildman–Crippen MR) is 172 cm³/mol. The van der Waals surface area contributed by atoms with Crippen LogP contribution in [0.2, 0.25) is 0 Å². The molecular formula is C37H40N2O4. The van der Waals surface area contributed by atoms with Crippen LogP contribution in [0.4, 0.5) is 11.4 Å². The van der Waals surface area contributed by atoms with Gasteiger partial charge in [-0.15, -0.1) is 0 Å². The van der Waals surface area contributed by atoms with Gasteiger partial charge < -0.3 is 19.7 Å². The molecule has 1 fully saturated rings. The molecule has 43 heavy (non-hydrogen) atoms. The van der Waals surface area contributed by atoms with Crippen LogP contribution in [0.15, 0.2) is 109 Å². The third-order valence-electron chi connectivity index (χ3n) is 8.05. The van der Waals surface area contributed by atoms with Gasteiger partial charge in [0.2, 0.25) is 0 Å². The molecule has 4 aromatic rings. The first kappa shape index (κ1) is 29.9. The van der Waals surface area contributed by atoms with Crippen LogP contribution >= 0.6 is 0 Å². The van der Waals surface area contributed by atoms with E-state index in [1.165, 1.54) is 38.5 Å². The second kappa shape index (κ2) is 15.1. The van der Waals surface area contributed by atoms with Gasteiger partial charge in [0.1, 0.15) is 11.8 Å². The van der Waals surface area contributed by atoms with Gasteiger partial charge >= 0.3 is 5.97 Å². The maximum Gasteiger partial charge on any atom is 0.328 e. The highest BCUT2D eigenvalue weighted by Crippen LogP contribution is 2.28. The molecular weight excluding hydrogens is 536 g/mol. The zero-order valence-electron chi connectivity index (χ0n) is 24.8. The summed E-state index contributed by atoms with van der Waals surface area (Å²) in [7, 11) is 1.38. The lowest BCUT2D eigenvalue weighted by Crippen LogP contribution is -2.34. The molecule has 0 saturated heterocycles. The van der Waals surface area contributed by atoms with Gasteiger partial charge in [-0.25, -0.2) is 4.79 Å². The Labute approximate surface area is 254 Å². The minimum absolute atomic E-state index is 0.107. The van der Waals surface area contributed by atoms with Crippen molar-refractivity contribution in [3.05, 3.63) is 126 Å². The molecule has 0 bridgehead atoms. The number of rotatable bonds is 14. The largest absolute Gasteiger partial charge is 0.494 e. The van der Waals surface area contributed by atoms with E-state index in [1.54, 1.807) is 18.2 Å². The molecule has 1 aliphatic rings. The van der Waals surface area contributed by atoms with Crippen molar-refractivity contribution >= 4 is 23.1 Å². The van der Waals surface area contributed by atoms with Crippen molar-refractivity contribution in [2.75, 3.05) is 30.5 Å². The van der Waals surface area contributed by atoms with E-state index in [-0.39, 0.29) is 5.78 Å². The Kier molecular flexibility index (Phi) is 10.5. The second-order valence-electron chi connectivity index (χ2n) is 11.0. The van der Waals surface area contributed by atoms with E-state index in [0.29, 0.717) is 35.9 Å². The van der Waals surface area contributed by atoms with Crippen LogP contribution < -0.4 is 15.0 Å². The van der Waals surface area contributed by atoms with Crippen molar-refractivity contribution in [3.63, 3.8) is 0 Å². The van der Waals surface area contributed by atoms with Crippen LogP contribution in [-0.2, 0) is 16.0 Å². The van der Waals surface area contributed by atoms with Gasteiger partial charge in [-0.3, -0.25) is 4.79 Å². The summed E-state index contributed by atoms with van der Waals surface area (Å²) in [6, 6.07) is 34.9. The fourth-order valence-corrected chi connectivity index (χ4v) is 5.82. The van der Waals surface area contributed by atoms with Crippen molar-refractivity contribution in [2.24, 2.45) is 0 Å². The van der Waals surface area contributed by atoms with E-state index >= 15 is 0 Å². The van der Waals surface area contributed by atoms with Crippen LogP contribution in [0, 0.1) is 0 Å². The summed E-state index contributed by atoms with van der Waals surface area (Å²) in [6.45, 7) is 1.60. The first-order chi connectivity index (χ1) is 21.1. The lowest BCUT2D eigenvalue weighted by molar-refractivity contribution is -0.141. The molecule has 0 spiro atoms. The highest BCUT2D eigenvalue weighted by Gasteiger charge is 2.24. The van der Waals surface area contributed by atoms with Crippen molar-refractivity contribution in [1.29, 1.82) is 0 Å². The Balaban J connectivity index is 1.18. The van der Waals surface area contributed by atoms with Gasteiger partial charge in [0.05, 0.1) is 13.7 Å². The van der Waals surface area contributed by atoms with Crippen molar-refractivity contribution < 1.29 is 19.1 Å². The first-order valence-corrected chi connectivity index (χ1v) is 15.2. The number of hydrogen-bond acceptors (Lipinski definition) is 6. The molecule has 0 amide bonds. The number of ketones is 1. The summed E-state index contributed by atoms with van der Waals surface area (Å²) < 4.78 is 11.2. The highest BCUT2D eigenvalue weighted by molar-refractivity contribution is 6.12. The van der Waals surface area contributed by atoms with Gasteiger partial charge in [-0.1, -0.05) is 85.6 Å². The Hall–Kier alpha value is -4.58. The Morgan fingerprint density at radius 3 is 2.19 bits per heavy atom. The van der Waals surface area contributed by atoms with Crippen molar-refractivity contribution in [1.82, 2.24) is 0 Å². The fourth-order valence-electron chi connectivity index (χ4n) is 5.82. The maximum absolute atomic E-state index is 13.2. The summed E-state index contributed by atoms with van der Waals surface area (Å²) in [5.41, 5.74) is 3.94. The number of esters is 1. The van der Waals surface area contributed by atoms with Gasteiger partial charge in [0.25, 0.3) is 0 Å². The zero-order valence-corrected chi connectivity index (χ0v) is 24.8. The quantitative estimate of drug-likeness (QED) is 0.0963. The first-order valence-electron chi connectivity index (χ1n) is 15.2. The number of benzene rings is 4. The number of ether oxygens (including phenoxy) is 2. The van der Waals surface area contributed by atoms with E-state index in [1.807, 2.05) is 60.7 Å². The van der Waals surface area contributed by atoms with E-state index in [0.717, 1.165) is 24.3 Å². The number of anilines is 2. The number of carbonyl (C=O) groups is 2. The number of hydrogen-bond donors (Lipinski definition) is 1. The second-order valence-corrected chi connectivity index (χ2v) is 11.0. The van der Waals surface area contributed by atoms with Crippen LogP contribution in [0.1, 0.15) is 53.6 Å². The number of methoxy groups -OCH3 is 1. The van der Waals surface area contributed by atoms with E-state index in [2.05, 4.69) is 40.5 Å². The van der Waals surface area contributed by atoms with E-state index < -0.39 is 12.0 Å². The molecule has 0 unspecified atom stereocenters. The Bertz CT molecular complexity index is 1450. The molecule has 1 aliphatic carbocycles. The lowest BCUT2D eigenvalue weighted by Gasteiger charge is -2.31. The average Bonchev–Trinajstić information content (AvgIpc) is 3.60. The van der Waals surface area contributed by atoms with Gasteiger partial charge in [0, 0.05) is 41.5 Å². The SMILES string of the molecule is COC(=O)[C@H](Cc1ccc(OCCCN(c2ccccc2)C2CCCC2)cc1)Nc1ccccc1C(=O)c1ccccc1. The van der Waals surface area contributed by atoms with Crippen LogP contribution in [0.5, 0.6) is 5.75 Å². The third kappa shape index (κ3) is 8.04. The molecule has 0 aliphatic heterocycles. The number of para-hydroxylation sites is 2. The predicted octanol–water partition coefficient (Wildman–Crippen LogP) is 7.33. The molecule has 222 valence electrons. The minimum atomic E-state index is -0.666. The molecule has 4 aromatic carbocycles. The van der Waals surface area contributed by atoms with Crippen LogP contribution in [-0.4, -0.2) is 44.1 Å². The summed E-state index contributed by atoms with van der Waals surface area (Å²) in [5.74, 6) is 0.300. The van der Waals surface area contributed by atoms with Crippen molar-refractivity contribution in [2.45, 2.75) is 50.6 Å². The summed E-state index contributed by atoms with van der Waals surface area (Å²) in [6.07, 6.45) is 6.46. The molecule has 5 rings (SSSR count). The molecule has 1 saturated carbocycles. The van der Waals surface area contributed by atoms with Gasteiger partial charge in [-0.05, 0) is 61.2 Å². The maximum atomic E-state index is 13.2. The molecule has 0 heterocycles. The third-order valence-corrected chi connectivity index (χ3v) is 8.05. The van der Waals surface area contributed by atoms with Crippen LogP contribution in [0.3, 0.4) is 0 Å². The van der Waals surface area contributed by atoms with Gasteiger partial charge in [-0.2, -0.15) is 0 Å². The summed E-state index contributed by atoms with van der Waals surface area (Å²) in [5, 5.41) is 3.27. The standard InChI is InChI=1S/C37H40N2O4/c1-42-37(41)35(38-34-20-11-10-19-33(34)36(40)29-13-4-2-5-14-29)27-28-21-23-32(24-22-28)43-26-12-25-39(31-17-8-9-18-31)30-15-6-3-7-16-30/h2-7,10-11,13-16,19-24,31,35,38H,8-9,12,17-18,25-27H2,1H3/t35-/m0/s1. The molecule has 0 radical (unpaired) electrons. The number of carbonyl (C=O) groups excluding carboxylic acids is 2. The van der Waals surface area contributed by atoms with Crippen LogP contribution in [0.25, 0.3) is 0 Å². The highest BCUT2D eigenvalue weighted by atomic mass is 16.5. The number of nitrogens with zero attached hydrogens (tertiary/aromatic N) is 1. The Morgan fingerprint density at radius 1 is 0.837 bits per heavy atom. The monoisotopic (exact) mass is 576 g/mol. The summed E-state index contributed by atoms with van der Waals surface area (Å²) >= 11 is 0. The van der Waals surface area contributed by atoms with Crippen molar-refractivity contribution in [3.8, 4) is 5.75 Å². The molecule has 0 aromatic heterocycles. The topological polar surface area (TPSA) is 67.9 Å². The van der Waals surface area contributed by atoms with Gasteiger partial charge in [0.15, 0.2) is 5.78 Å². The van der Waals surface area contributed by atoms with E-state index in [9.17, 15) is 9.59 Å². The molecule has 1 atom stereocenters. The zero-order chi connectivity index (χ0) is 29.9. The molecule has 1 N–H and O–H groups in total.